The smallest absolute Gasteiger partial charge is 0.326 e. The van der Waals surface area contributed by atoms with Gasteiger partial charge in [0.15, 0.2) is 6.61 Å². The Kier molecular flexibility index (Phi) is 4.62. The quantitative estimate of drug-likeness (QED) is 0.446. The van der Waals surface area contributed by atoms with Crippen LogP contribution in [0.15, 0.2) is 36.4 Å². The van der Waals surface area contributed by atoms with E-state index in [1.54, 1.807) is 24.3 Å². The first-order valence-corrected chi connectivity index (χ1v) is 9.11. The summed E-state index contributed by atoms with van der Waals surface area (Å²) in [6, 6.07) is 6.74. The molecule has 1 aliphatic heterocycles. The molecule has 0 aromatic heterocycles. The summed E-state index contributed by atoms with van der Waals surface area (Å²) in [7, 11) is 1.51. The highest BCUT2D eigenvalue weighted by atomic mass is 16.5. The van der Waals surface area contributed by atoms with Crippen LogP contribution in [0, 0.1) is 23.7 Å². The molecular formula is C20H20N2O6. The summed E-state index contributed by atoms with van der Waals surface area (Å²) in [6.07, 6.45) is 4.80. The molecule has 8 heteroatoms. The van der Waals surface area contributed by atoms with Crippen molar-refractivity contribution in [2.24, 2.45) is 23.7 Å². The Balaban J connectivity index is 1.28. The van der Waals surface area contributed by atoms with Crippen molar-refractivity contribution in [2.45, 2.75) is 6.42 Å². The number of allylic oxidation sites excluding steroid dienone is 2. The predicted molar refractivity (Wildman–Crippen MR) is 97.0 cm³/mol. The molecule has 4 atom stereocenters. The molecule has 3 aliphatic rings. The fourth-order valence-electron chi connectivity index (χ4n) is 4.34. The number of likely N-dealkylation sites (tertiary alicyclic amines) is 1. The van der Waals surface area contributed by atoms with Crippen LogP contribution in [-0.2, 0) is 23.9 Å². The number of imide groups is 1. The Hall–Kier alpha value is -3.16. The second-order valence-corrected chi connectivity index (χ2v) is 7.20. The lowest BCUT2D eigenvalue weighted by Crippen LogP contribution is -2.38. The van der Waals surface area contributed by atoms with Crippen molar-refractivity contribution < 1.29 is 28.7 Å². The van der Waals surface area contributed by atoms with E-state index in [1.165, 1.54) is 7.11 Å². The number of carbonyl (C=O) groups excluding carboxylic acids is 4. The summed E-state index contributed by atoms with van der Waals surface area (Å²) in [5.41, 5.74) is 0.501. The minimum Gasteiger partial charge on any atom is -0.497 e. The van der Waals surface area contributed by atoms with Crippen molar-refractivity contribution in [3.63, 3.8) is 0 Å². The number of ether oxygens (including phenoxy) is 2. The predicted octanol–water partition coefficient (Wildman–Crippen LogP) is 0.984. The minimum atomic E-state index is -0.789. The lowest BCUT2D eigenvalue weighted by Gasteiger charge is -2.16. The fraction of sp³-hybridized carbons (Fsp3) is 0.400. The van der Waals surface area contributed by atoms with Gasteiger partial charge in [-0.2, -0.15) is 0 Å². The van der Waals surface area contributed by atoms with Crippen molar-refractivity contribution >= 4 is 29.4 Å². The Bertz CT molecular complexity index is 849. The van der Waals surface area contributed by atoms with E-state index in [-0.39, 0.29) is 35.5 Å². The number of methoxy groups -OCH3 is 1. The molecule has 146 valence electrons. The van der Waals surface area contributed by atoms with Crippen molar-refractivity contribution in [2.75, 3.05) is 25.6 Å². The molecule has 1 saturated carbocycles. The van der Waals surface area contributed by atoms with Crippen LogP contribution in [-0.4, -0.2) is 48.9 Å². The van der Waals surface area contributed by atoms with Gasteiger partial charge in [-0.05, 0) is 30.4 Å². The SMILES string of the molecule is COc1cccc(NC(=O)COC(=O)CN2C(=O)[C@@H]3[C@H](C2=O)[C@H]2C=C[C@H]3C2)c1. The molecule has 8 nitrogen and oxygen atoms in total. The molecule has 1 aromatic rings. The second kappa shape index (κ2) is 7.10. The third kappa shape index (κ3) is 3.15. The number of anilines is 1. The number of fused-ring (bicyclic) bond motifs is 5. The zero-order chi connectivity index (χ0) is 19.8. The molecule has 1 heterocycles. The van der Waals surface area contributed by atoms with Crippen molar-refractivity contribution in [1.29, 1.82) is 0 Å². The number of hydrogen-bond donors (Lipinski definition) is 1. The molecule has 3 amide bonds. The molecule has 28 heavy (non-hydrogen) atoms. The lowest BCUT2D eigenvalue weighted by molar-refractivity contribution is -0.154. The van der Waals surface area contributed by atoms with Crippen LogP contribution >= 0.6 is 0 Å². The van der Waals surface area contributed by atoms with Gasteiger partial charge in [-0.25, -0.2) is 0 Å². The number of nitrogens with one attached hydrogen (secondary N) is 1. The lowest BCUT2D eigenvalue weighted by atomic mass is 9.85. The average Bonchev–Trinajstić information content (AvgIpc) is 3.36. The molecule has 2 bridgehead atoms. The summed E-state index contributed by atoms with van der Waals surface area (Å²) in [5, 5.41) is 2.58. The Morgan fingerprint density at radius 3 is 2.46 bits per heavy atom. The molecule has 0 unspecified atom stereocenters. The highest BCUT2D eigenvalue weighted by Gasteiger charge is 2.59. The minimum absolute atomic E-state index is 0.0844. The van der Waals surface area contributed by atoms with Gasteiger partial charge in [-0.1, -0.05) is 18.2 Å². The first-order valence-electron chi connectivity index (χ1n) is 9.11. The summed E-state index contributed by atoms with van der Waals surface area (Å²) in [4.78, 5) is 50.1. The monoisotopic (exact) mass is 384 g/mol. The first-order chi connectivity index (χ1) is 13.5. The van der Waals surface area contributed by atoms with Crippen molar-refractivity contribution in [1.82, 2.24) is 4.90 Å². The van der Waals surface area contributed by atoms with Gasteiger partial charge in [0.2, 0.25) is 11.8 Å². The van der Waals surface area contributed by atoms with Crippen LogP contribution < -0.4 is 10.1 Å². The highest BCUT2D eigenvalue weighted by molar-refractivity contribution is 6.08. The Morgan fingerprint density at radius 1 is 1.14 bits per heavy atom. The standard InChI is InChI=1S/C20H20N2O6/c1-27-14-4-2-3-13(8-14)21-15(23)10-28-16(24)9-22-19(25)17-11-5-6-12(7-11)18(17)20(22)26/h2-6,8,11-12,17-18H,7,9-10H2,1H3,(H,21,23)/t11-,12-,17-,18+/m0/s1. The molecule has 1 saturated heterocycles. The van der Waals surface area contributed by atoms with Crippen LogP contribution in [0.1, 0.15) is 6.42 Å². The van der Waals surface area contributed by atoms with Gasteiger partial charge in [0.1, 0.15) is 12.3 Å². The highest BCUT2D eigenvalue weighted by Crippen LogP contribution is 2.52. The van der Waals surface area contributed by atoms with Crippen LogP contribution in [0.25, 0.3) is 0 Å². The van der Waals surface area contributed by atoms with E-state index in [4.69, 9.17) is 9.47 Å². The number of carbonyl (C=O) groups is 4. The summed E-state index contributed by atoms with van der Waals surface area (Å²) in [5.74, 6) is -1.91. The third-order valence-corrected chi connectivity index (χ3v) is 5.57. The number of nitrogens with zero attached hydrogens (tertiary/aromatic N) is 1. The Morgan fingerprint density at radius 2 is 1.82 bits per heavy atom. The van der Waals surface area contributed by atoms with Crippen LogP contribution in [0.2, 0.25) is 0 Å². The zero-order valence-electron chi connectivity index (χ0n) is 15.3. The van der Waals surface area contributed by atoms with E-state index < -0.39 is 25.0 Å². The number of rotatable bonds is 6. The molecule has 1 N–H and O–H groups in total. The first kappa shape index (κ1) is 18.2. The van der Waals surface area contributed by atoms with Gasteiger partial charge >= 0.3 is 5.97 Å². The van der Waals surface area contributed by atoms with Gasteiger partial charge in [-0.15, -0.1) is 0 Å². The Labute approximate surface area is 161 Å². The normalized spacial score (nSPS) is 27.1. The number of hydrogen-bond acceptors (Lipinski definition) is 6. The summed E-state index contributed by atoms with van der Waals surface area (Å²) >= 11 is 0. The van der Waals surface area contributed by atoms with Gasteiger partial charge in [0.25, 0.3) is 5.91 Å². The van der Waals surface area contributed by atoms with E-state index in [9.17, 15) is 19.2 Å². The van der Waals surface area contributed by atoms with Gasteiger partial charge in [0, 0.05) is 11.8 Å². The zero-order valence-corrected chi connectivity index (χ0v) is 15.3. The van der Waals surface area contributed by atoms with Gasteiger partial charge < -0.3 is 14.8 Å². The molecule has 2 fully saturated rings. The fourth-order valence-corrected chi connectivity index (χ4v) is 4.34. The molecule has 0 spiro atoms. The maximum atomic E-state index is 12.5. The van der Waals surface area contributed by atoms with E-state index in [0.717, 1.165) is 11.3 Å². The number of benzene rings is 1. The molecule has 1 aromatic carbocycles. The topological polar surface area (TPSA) is 102 Å². The van der Waals surface area contributed by atoms with E-state index in [2.05, 4.69) is 5.32 Å². The van der Waals surface area contributed by atoms with E-state index >= 15 is 0 Å². The molecular weight excluding hydrogens is 364 g/mol. The van der Waals surface area contributed by atoms with Crippen LogP contribution in [0.4, 0.5) is 5.69 Å². The number of esters is 1. The molecule has 0 radical (unpaired) electrons. The molecule has 2 aliphatic carbocycles. The average molecular weight is 384 g/mol. The van der Waals surface area contributed by atoms with E-state index in [0.29, 0.717) is 11.4 Å². The van der Waals surface area contributed by atoms with Crippen molar-refractivity contribution in [3.8, 4) is 5.75 Å². The number of amides is 3. The largest absolute Gasteiger partial charge is 0.497 e. The third-order valence-electron chi connectivity index (χ3n) is 5.57. The van der Waals surface area contributed by atoms with Crippen molar-refractivity contribution in [3.05, 3.63) is 36.4 Å². The van der Waals surface area contributed by atoms with Gasteiger partial charge in [0.05, 0.1) is 18.9 Å². The second-order valence-electron chi connectivity index (χ2n) is 7.20. The maximum Gasteiger partial charge on any atom is 0.326 e. The van der Waals surface area contributed by atoms with Gasteiger partial charge in [-0.3, -0.25) is 24.1 Å². The maximum absolute atomic E-state index is 12.5. The summed E-state index contributed by atoms with van der Waals surface area (Å²) < 4.78 is 10.0. The molecule has 4 rings (SSSR count). The van der Waals surface area contributed by atoms with Crippen LogP contribution in [0.3, 0.4) is 0 Å². The summed E-state index contributed by atoms with van der Waals surface area (Å²) in [6.45, 7) is -0.970. The van der Waals surface area contributed by atoms with Crippen LogP contribution in [0.5, 0.6) is 5.75 Å². The van der Waals surface area contributed by atoms with E-state index in [1.807, 2.05) is 12.2 Å².